The van der Waals surface area contributed by atoms with Gasteiger partial charge >= 0.3 is 0 Å². The summed E-state index contributed by atoms with van der Waals surface area (Å²) >= 11 is 5.56. The summed E-state index contributed by atoms with van der Waals surface area (Å²) in [6, 6.07) is 9.68. The van der Waals surface area contributed by atoms with Gasteiger partial charge in [0.2, 0.25) is 0 Å². The molecule has 1 aliphatic heterocycles. The Morgan fingerprint density at radius 2 is 1.87 bits per heavy atom. The summed E-state index contributed by atoms with van der Waals surface area (Å²) < 4.78 is 8.96. The van der Waals surface area contributed by atoms with Gasteiger partial charge in [-0.3, -0.25) is 9.48 Å². The van der Waals surface area contributed by atoms with E-state index in [4.69, 9.17) is 17.0 Å². The van der Waals surface area contributed by atoms with Gasteiger partial charge in [0.15, 0.2) is 0 Å². The average molecular weight is 331 g/mol. The van der Waals surface area contributed by atoms with Crippen molar-refractivity contribution in [3.63, 3.8) is 0 Å². The van der Waals surface area contributed by atoms with Crippen molar-refractivity contribution in [2.45, 2.75) is 13.3 Å². The molecule has 2 heterocycles. The molecule has 0 aliphatic carbocycles. The monoisotopic (exact) mass is 331 g/mol. The summed E-state index contributed by atoms with van der Waals surface area (Å²) in [4.78, 5) is 15.8. The maximum absolute atomic E-state index is 12.9. The molecule has 0 N–H and O–H groups in total. The summed E-state index contributed by atoms with van der Waals surface area (Å²) in [5, 5.41) is 0. The van der Waals surface area contributed by atoms with Gasteiger partial charge in [0.1, 0.15) is 0 Å². The number of thiocarbonyl (C=S) groups is 1. The summed E-state index contributed by atoms with van der Waals surface area (Å²) in [5.41, 5.74) is 2.60. The number of ether oxygens (including phenoxy) is 1. The van der Waals surface area contributed by atoms with E-state index in [0.717, 1.165) is 35.0 Å². The van der Waals surface area contributed by atoms with Crippen molar-refractivity contribution in [1.82, 2.24) is 14.3 Å². The van der Waals surface area contributed by atoms with E-state index in [2.05, 4.69) is 4.90 Å². The Balaban J connectivity index is 1.92. The number of hydrogen-bond donors (Lipinski definition) is 0. The zero-order valence-corrected chi connectivity index (χ0v) is 14.3. The zero-order chi connectivity index (χ0) is 16.4. The second-order valence-corrected chi connectivity index (χ2v) is 6.18. The van der Waals surface area contributed by atoms with Gasteiger partial charge in [0.05, 0.1) is 23.9 Å². The Labute approximate surface area is 141 Å². The highest BCUT2D eigenvalue weighted by molar-refractivity contribution is 7.80. The van der Waals surface area contributed by atoms with Crippen molar-refractivity contribution in [3.05, 3.63) is 51.9 Å². The largest absolute Gasteiger partial charge is 0.378 e. The van der Waals surface area contributed by atoms with E-state index in [1.165, 1.54) is 0 Å². The number of para-hydroxylation sites is 1. The van der Waals surface area contributed by atoms with Crippen LogP contribution in [0.4, 0.5) is 0 Å². The molecule has 1 aromatic heterocycles. The smallest absolute Gasteiger partial charge is 0.275 e. The summed E-state index contributed by atoms with van der Waals surface area (Å²) in [7, 11) is 1.91. The number of hydrogen-bond acceptors (Lipinski definition) is 3. The van der Waals surface area contributed by atoms with E-state index in [9.17, 15) is 4.79 Å². The predicted molar refractivity (Wildman–Crippen MR) is 94.4 cm³/mol. The van der Waals surface area contributed by atoms with Crippen molar-refractivity contribution in [1.29, 1.82) is 0 Å². The molecule has 2 aromatic rings. The van der Waals surface area contributed by atoms with Gasteiger partial charge in [-0.2, -0.15) is 0 Å². The number of nitrogens with zero attached hydrogens (tertiary/aromatic N) is 3. The fourth-order valence-corrected chi connectivity index (χ4v) is 3.23. The molecular weight excluding hydrogens is 310 g/mol. The molecule has 1 aliphatic rings. The molecule has 1 saturated heterocycles. The Morgan fingerprint density at radius 1 is 1.22 bits per heavy atom. The van der Waals surface area contributed by atoms with E-state index >= 15 is 0 Å². The fourth-order valence-electron chi connectivity index (χ4n) is 2.90. The van der Waals surface area contributed by atoms with Gasteiger partial charge in [0.25, 0.3) is 5.56 Å². The first kappa shape index (κ1) is 16.0. The Morgan fingerprint density at radius 3 is 2.52 bits per heavy atom. The first-order chi connectivity index (χ1) is 11.1. The molecule has 0 atom stereocenters. The number of aromatic nitrogens is 2. The standard InChI is InChI=1S/C17H21N3O2S/c1-13-15(12-16(23)19-8-10-22-11-9-19)17(21)20(18(13)2)14-6-4-3-5-7-14/h3-7H,8-12H2,1-2H3. The minimum Gasteiger partial charge on any atom is -0.378 e. The van der Waals surface area contributed by atoms with Crippen LogP contribution in [0.15, 0.2) is 35.1 Å². The lowest BCUT2D eigenvalue weighted by atomic mass is 10.1. The highest BCUT2D eigenvalue weighted by Gasteiger charge is 2.20. The van der Waals surface area contributed by atoms with Crippen LogP contribution in [0, 0.1) is 6.92 Å². The quantitative estimate of drug-likeness (QED) is 0.803. The Kier molecular flexibility index (Phi) is 4.63. The van der Waals surface area contributed by atoms with Gasteiger partial charge in [0, 0.05) is 37.8 Å². The van der Waals surface area contributed by atoms with Crippen LogP contribution in [-0.2, 0) is 18.2 Å². The second kappa shape index (κ2) is 6.68. The maximum atomic E-state index is 12.9. The van der Waals surface area contributed by atoms with E-state index in [-0.39, 0.29) is 5.56 Å². The van der Waals surface area contributed by atoms with Crippen LogP contribution < -0.4 is 5.56 Å². The molecule has 0 saturated carbocycles. The molecule has 1 aromatic carbocycles. The van der Waals surface area contributed by atoms with E-state index < -0.39 is 0 Å². The lowest BCUT2D eigenvalue weighted by molar-refractivity contribution is 0.0684. The Hall–Kier alpha value is -1.92. The predicted octanol–water partition coefficient (Wildman–Crippen LogP) is 1.69. The van der Waals surface area contributed by atoms with Gasteiger partial charge < -0.3 is 9.64 Å². The molecule has 6 heteroatoms. The van der Waals surface area contributed by atoms with Crippen LogP contribution >= 0.6 is 12.2 Å². The highest BCUT2D eigenvalue weighted by Crippen LogP contribution is 2.12. The van der Waals surface area contributed by atoms with E-state index in [1.807, 2.05) is 49.0 Å². The summed E-state index contributed by atoms with van der Waals surface area (Å²) in [6.45, 7) is 4.97. The normalized spacial score (nSPS) is 15.0. The maximum Gasteiger partial charge on any atom is 0.275 e. The van der Waals surface area contributed by atoms with Crippen LogP contribution in [0.2, 0.25) is 0 Å². The lowest BCUT2D eigenvalue weighted by Gasteiger charge is -2.29. The third-order valence-corrected chi connectivity index (χ3v) is 4.77. The van der Waals surface area contributed by atoms with Crippen LogP contribution in [-0.4, -0.2) is 45.6 Å². The molecule has 0 amide bonds. The minimum absolute atomic E-state index is 0.00631. The summed E-state index contributed by atoms with van der Waals surface area (Å²) in [6.07, 6.45) is 0.508. The van der Waals surface area contributed by atoms with Gasteiger partial charge in [-0.05, 0) is 19.1 Å². The van der Waals surface area contributed by atoms with Crippen molar-refractivity contribution in [2.75, 3.05) is 26.3 Å². The molecule has 0 radical (unpaired) electrons. The molecule has 1 fully saturated rings. The zero-order valence-electron chi connectivity index (χ0n) is 13.5. The highest BCUT2D eigenvalue weighted by atomic mass is 32.1. The van der Waals surface area contributed by atoms with E-state index in [1.54, 1.807) is 4.68 Å². The van der Waals surface area contributed by atoms with Crippen LogP contribution in [0.25, 0.3) is 5.69 Å². The van der Waals surface area contributed by atoms with Crippen molar-refractivity contribution in [2.24, 2.45) is 7.05 Å². The lowest BCUT2D eigenvalue weighted by Crippen LogP contribution is -2.41. The first-order valence-electron chi connectivity index (χ1n) is 7.78. The average Bonchev–Trinajstić information content (AvgIpc) is 2.80. The van der Waals surface area contributed by atoms with Crippen molar-refractivity contribution >= 4 is 17.2 Å². The van der Waals surface area contributed by atoms with Gasteiger partial charge in [-0.1, -0.05) is 30.4 Å². The molecule has 0 bridgehead atoms. The molecule has 5 nitrogen and oxygen atoms in total. The summed E-state index contributed by atoms with van der Waals surface area (Å²) in [5.74, 6) is 0. The van der Waals surface area contributed by atoms with Crippen LogP contribution in [0.5, 0.6) is 0 Å². The molecule has 0 spiro atoms. The van der Waals surface area contributed by atoms with Crippen molar-refractivity contribution in [3.8, 4) is 5.69 Å². The third-order valence-electron chi connectivity index (χ3n) is 4.37. The second-order valence-electron chi connectivity index (χ2n) is 5.71. The SMILES string of the molecule is Cc1c(CC(=S)N2CCOCC2)c(=O)n(-c2ccccc2)n1C. The topological polar surface area (TPSA) is 39.4 Å². The van der Waals surface area contributed by atoms with Gasteiger partial charge in [-0.25, -0.2) is 4.68 Å². The number of rotatable bonds is 3. The fraction of sp³-hybridized carbons (Fsp3) is 0.412. The molecule has 0 unspecified atom stereocenters. The Bertz CT molecular complexity index is 758. The molecule has 122 valence electrons. The minimum atomic E-state index is 0.00631. The van der Waals surface area contributed by atoms with Crippen LogP contribution in [0.1, 0.15) is 11.3 Å². The van der Waals surface area contributed by atoms with Crippen molar-refractivity contribution < 1.29 is 4.74 Å². The van der Waals surface area contributed by atoms with Crippen LogP contribution in [0.3, 0.4) is 0 Å². The molecule has 3 rings (SSSR count). The number of morpholine rings is 1. The van der Waals surface area contributed by atoms with Gasteiger partial charge in [-0.15, -0.1) is 0 Å². The molecular formula is C17H21N3O2S. The number of benzene rings is 1. The van der Waals surface area contributed by atoms with E-state index in [0.29, 0.717) is 19.6 Å². The third kappa shape index (κ3) is 3.09. The first-order valence-corrected chi connectivity index (χ1v) is 8.19. The molecule has 23 heavy (non-hydrogen) atoms.